The van der Waals surface area contributed by atoms with E-state index in [1.54, 1.807) is 4.90 Å². The molecule has 1 atom stereocenters. The molecule has 2 amide bonds. The predicted molar refractivity (Wildman–Crippen MR) is 90.9 cm³/mol. The first-order chi connectivity index (χ1) is 11.0. The minimum Gasteiger partial charge on any atom is -0.349 e. The average Bonchev–Trinajstić information content (AvgIpc) is 3.26. The van der Waals surface area contributed by atoms with Crippen LogP contribution in [0.5, 0.6) is 0 Å². The van der Waals surface area contributed by atoms with E-state index >= 15 is 0 Å². The molecule has 130 valence electrons. The van der Waals surface area contributed by atoms with Gasteiger partial charge in [0.15, 0.2) is 0 Å². The van der Waals surface area contributed by atoms with E-state index in [0.717, 1.165) is 31.7 Å². The number of hydrogen-bond donors (Lipinski definition) is 0. The summed E-state index contributed by atoms with van der Waals surface area (Å²) in [6.45, 7) is 1.47. The van der Waals surface area contributed by atoms with Crippen LogP contribution in [0.25, 0.3) is 0 Å². The number of carbonyl (C=O) groups excluding carboxylic acids is 2. The third kappa shape index (κ3) is 3.41. The molecule has 4 heteroatoms. The van der Waals surface area contributed by atoms with E-state index in [1.165, 1.54) is 38.5 Å². The van der Waals surface area contributed by atoms with Crippen molar-refractivity contribution in [2.45, 2.75) is 64.2 Å². The van der Waals surface area contributed by atoms with Crippen LogP contribution in [0.4, 0.5) is 0 Å². The molecule has 3 aliphatic rings. The summed E-state index contributed by atoms with van der Waals surface area (Å²) in [5.41, 5.74) is 0.0738. The van der Waals surface area contributed by atoms with Crippen molar-refractivity contribution >= 4 is 11.8 Å². The Labute approximate surface area is 140 Å². The summed E-state index contributed by atoms with van der Waals surface area (Å²) >= 11 is 0. The van der Waals surface area contributed by atoms with Crippen LogP contribution in [0.15, 0.2) is 0 Å². The van der Waals surface area contributed by atoms with E-state index < -0.39 is 0 Å². The van der Waals surface area contributed by atoms with Gasteiger partial charge in [-0.05, 0) is 25.2 Å². The summed E-state index contributed by atoms with van der Waals surface area (Å²) in [5, 5.41) is 0. The van der Waals surface area contributed by atoms with Crippen LogP contribution in [0, 0.1) is 17.3 Å². The fraction of sp³-hybridized carbons (Fsp3) is 0.895. The molecule has 0 N–H and O–H groups in total. The normalized spacial score (nSPS) is 27.0. The standard InChI is InChI=1S/C19H32N2O2/c1-20(2)18(23)16-13-21(14-19(16)11-5-6-12-19)17(22)10-9-15-7-3-4-8-15/h15-16H,3-14H2,1-2H3. The van der Waals surface area contributed by atoms with Gasteiger partial charge in [0.1, 0.15) is 0 Å². The first-order valence-corrected chi connectivity index (χ1v) is 9.51. The Bertz CT molecular complexity index is 448. The lowest BCUT2D eigenvalue weighted by Gasteiger charge is -2.30. The largest absolute Gasteiger partial charge is 0.349 e. The van der Waals surface area contributed by atoms with Crippen LogP contribution in [0.2, 0.25) is 0 Å². The fourth-order valence-electron chi connectivity index (χ4n) is 5.18. The van der Waals surface area contributed by atoms with E-state index in [-0.39, 0.29) is 23.1 Å². The lowest BCUT2D eigenvalue weighted by molar-refractivity contribution is -0.135. The lowest BCUT2D eigenvalue weighted by atomic mass is 9.76. The Morgan fingerprint density at radius 3 is 2.35 bits per heavy atom. The van der Waals surface area contributed by atoms with Gasteiger partial charge in [0.25, 0.3) is 0 Å². The van der Waals surface area contributed by atoms with Gasteiger partial charge >= 0.3 is 0 Å². The first-order valence-electron chi connectivity index (χ1n) is 9.51. The molecule has 1 spiro atoms. The highest BCUT2D eigenvalue weighted by Crippen LogP contribution is 2.49. The van der Waals surface area contributed by atoms with Crippen LogP contribution in [-0.2, 0) is 9.59 Å². The molecule has 23 heavy (non-hydrogen) atoms. The van der Waals surface area contributed by atoms with Crippen molar-refractivity contribution in [3.05, 3.63) is 0 Å². The number of nitrogens with zero attached hydrogens (tertiary/aromatic N) is 2. The Morgan fingerprint density at radius 1 is 1.09 bits per heavy atom. The number of carbonyl (C=O) groups is 2. The highest BCUT2D eigenvalue weighted by atomic mass is 16.2. The Morgan fingerprint density at radius 2 is 1.74 bits per heavy atom. The van der Waals surface area contributed by atoms with E-state index in [9.17, 15) is 9.59 Å². The van der Waals surface area contributed by atoms with Crippen LogP contribution < -0.4 is 0 Å². The predicted octanol–water partition coefficient (Wildman–Crippen LogP) is 3.06. The van der Waals surface area contributed by atoms with Gasteiger partial charge in [-0.15, -0.1) is 0 Å². The molecule has 0 aromatic rings. The minimum atomic E-state index is 0.0235. The van der Waals surface area contributed by atoms with Gasteiger partial charge in [-0.3, -0.25) is 9.59 Å². The zero-order valence-electron chi connectivity index (χ0n) is 14.9. The van der Waals surface area contributed by atoms with Gasteiger partial charge in [0.05, 0.1) is 5.92 Å². The topological polar surface area (TPSA) is 40.6 Å². The van der Waals surface area contributed by atoms with Crippen molar-refractivity contribution in [2.24, 2.45) is 17.3 Å². The van der Waals surface area contributed by atoms with E-state index in [4.69, 9.17) is 0 Å². The quantitative estimate of drug-likeness (QED) is 0.799. The second-order valence-electron chi connectivity index (χ2n) is 8.32. The summed E-state index contributed by atoms with van der Waals surface area (Å²) < 4.78 is 0. The molecular weight excluding hydrogens is 288 g/mol. The highest BCUT2D eigenvalue weighted by molar-refractivity contribution is 5.83. The molecule has 2 saturated carbocycles. The van der Waals surface area contributed by atoms with Crippen molar-refractivity contribution in [3.63, 3.8) is 0 Å². The van der Waals surface area contributed by atoms with Crippen molar-refractivity contribution in [1.29, 1.82) is 0 Å². The van der Waals surface area contributed by atoms with Crippen LogP contribution >= 0.6 is 0 Å². The Kier molecular flexibility index (Phi) is 4.98. The number of amides is 2. The Hall–Kier alpha value is -1.06. The fourth-order valence-corrected chi connectivity index (χ4v) is 5.18. The molecule has 1 unspecified atom stereocenters. The van der Waals surface area contributed by atoms with Gasteiger partial charge in [-0.25, -0.2) is 0 Å². The lowest BCUT2D eigenvalue weighted by Crippen LogP contribution is -2.39. The summed E-state index contributed by atoms with van der Waals surface area (Å²) in [4.78, 5) is 29.1. The molecule has 0 bridgehead atoms. The van der Waals surface area contributed by atoms with E-state index in [0.29, 0.717) is 13.0 Å². The van der Waals surface area contributed by atoms with Crippen molar-refractivity contribution in [3.8, 4) is 0 Å². The van der Waals surface area contributed by atoms with Gasteiger partial charge in [-0.2, -0.15) is 0 Å². The van der Waals surface area contributed by atoms with Crippen LogP contribution in [-0.4, -0.2) is 48.8 Å². The molecule has 0 aromatic carbocycles. The highest BCUT2D eigenvalue weighted by Gasteiger charge is 2.52. The third-order valence-corrected chi connectivity index (χ3v) is 6.58. The summed E-state index contributed by atoms with van der Waals surface area (Å²) in [6, 6.07) is 0. The van der Waals surface area contributed by atoms with Crippen LogP contribution in [0.3, 0.4) is 0 Å². The van der Waals surface area contributed by atoms with Crippen molar-refractivity contribution in [1.82, 2.24) is 9.80 Å². The molecule has 3 rings (SSSR count). The second-order valence-corrected chi connectivity index (χ2v) is 8.32. The minimum absolute atomic E-state index is 0.0235. The maximum absolute atomic E-state index is 12.7. The smallest absolute Gasteiger partial charge is 0.227 e. The van der Waals surface area contributed by atoms with Gasteiger partial charge in [0.2, 0.25) is 11.8 Å². The summed E-state index contributed by atoms with van der Waals surface area (Å²) in [5.74, 6) is 1.30. The molecule has 0 aromatic heterocycles. The zero-order chi connectivity index (χ0) is 16.4. The SMILES string of the molecule is CN(C)C(=O)C1CN(C(=O)CCC2CCCC2)CC12CCCC2. The molecule has 3 fully saturated rings. The number of rotatable bonds is 4. The maximum atomic E-state index is 12.7. The van der Waals surface area contributed by atoms with Crippen molar-refractivity contribution in [2.75, 3.05) is 27.2 Å². The molecule has 0 radical (unpaired) electrons. The molecular formula is C19H32N2O2. The molecule has 1 aliphatic heterocycles. The van der Waals surface area contributed by atoms with E-state index in [2.05, 4.69) is 0 Å². The average molecular weight is 320 g/mol. The molecule has 2 aliphatic carbocycles. The molecule has 1 saturated heterocycles. The van der Waals surface area contributed by atoms with E-state index in [1.807, 2.05) is 19.0 Å². The molecule has 4 nitrogen and oxygen atoms in total. The van der Waals surface area contributed by atoms with Crippen LogP contribution in [0.1, 0.15) is 64.2 Å². The zero-order valence-corrected chi connectivity index (χ0v) is 14.9. The third-order valence-electron chi connectivity index (χ3n) is 6.58. The Balaban J connectivity index is 1.62. The van der Waals surface area contributed by atoms with Crippen molar-refractivity contribution < 1.29 is 9.59 Å². The summed E-state index contributed by atoms with van der Waals surface area (Å²) in [7, 11) is 3.69. The molecule has 1 heterocycles. The van der Waals surface area contributed by atoms with Gasteiger partial charge < -0.3 is 9.80 Å². The number of likely N-dealkylation sites (tertiary alicyclic amines) is 1. The maximum Gasteiger partial charge on any atom is 0.227 e. The monoisotopic (exact) mass is 320 g/mol. The van der Waals surface area contributed by atoms with Gasteiger partial charge in [0, 0.05) is 39.0 Å². The second kappa shape index (κ2) is 6.82. The first kappa shape index (κ1) is 16.8. The van der Waals surface area contributed by atoms with Gasteiger partial charge in [-0.1, -0.05) is 38.5 Å². The number of hydrogen-bond acceptors (Lipinski definition) is 2. The summed E-state index contributed by atoms with van der Waals surface area (Å²) in [6.07, 6.45) is 11.7.